The van der Waals surface area contributed by atoms with E-state index in [1.165, 1.54) is 64.6 Å². The molecule has 88 valence electrons. The lowest BCUT2D eigenvalue weighted by molar-refractivity contribution is 0.161. The van der Waals surface area contributed by atoms with Gasteiger partial charge in [-0.25, -0.2) is 0 Å². The van der Waals surface area contributed by atoms with E-state index in [0.717, 1.165) is 12.0 Å². The molecular formula is C13H26N2. The number of hydrogen-bond donors (Lipinski definition) is 1. The summed E-state index contributed by atoms with van der Waals surface area (Å²) in [5.74, 6) is 1.01. The second-order valence-corrected chi connectivity index (χ2v) is 5.31. The Hall–Kier alpha value is -0.0800. The van der Waals surface area contributed by atoms with Gasteiger partial charge in [-0.1, -0.05) is 0 Å². The van der Waals surface area contributed by atoms with Crippen LogP contribution in [0.25, 0.3) is 0 Å². The molecule has 2 rings (SSSR count). The predicted octanol–water partition coefficient (Wildman–Crippen LogP) is 2.25. The standard InChI is InChI=1S/C13H26N2/c1-14-9-8-12-4-6-13(7-5-12)15-10-2-3-11-15/h12-14H,2-11H2,1H3. The van der Waals surface area contributed by atoms with Crippen LogP contribution in [-0.2, 0) is 0 Å². The Balaban J connectivity index is 1.67. The average molecular weight is 210 g/mol. The van der Waals surface area contributed by atoms with Crippen molar-refractivity contribution in [1.82, 2.24) is 10.2 Å². The maximum absolute atomic E-state index is 3.27. The molecule has 1 heterocycles. The molecule has 1 aliphatic heterocycles. The van der Waals surface area contributed by atoms with Crippen LogP contribution in [-0.4, -0.2) is 37.6 Å². The second-order valence-electron chi connectivity index (χ2n) is 5.31. The van der Waals surface area contributed by atoms with Crippen molar-refractivity contribution in [3.8, 4) is 0 Å². The van der Waals surface area contributed by atoms with E-state index >= 15 is 0 Å². The Bertz CT molecular complexity index is 167. The molecule has 0 aromatic heterocycles. The maximum Gasteiger partial charge on any atom is 0.00954 e. The highest BCUT2D eigenvalue weighted by atomic mass is 15.2. The number of rotatable bonds is 4. The molecule has 2 heteroatoms. The fourth-order valence-electron chi connectivity index (χ4n) is 3.25. The van der Waals surface area contributed by atoms with Gasteiger partial charge in [-0.2, -0.15) is 0 Å². The van der Waals surface area contributed by atoms with Gasteiger partial charge in [-0.3, -0.25) is 0 Å². The molecule has 2 nitrogen and oxygen atoms in total. The molecule has 0 aromatic rings. The fourth-order valence-corrected chi connectivity index (χ4v) is 3.25. The van der Waals surface area contributed by atoms with Crippen LogP contribution in [0.5, 0.6) is 0 Å². The zero-order chi connectivity index (χ0) is 10.5. The molecule has 1 aliphatic carbocycles. The monoisotopic (exact) mass is 210 g/mol. The van der Waals surface area contributed by atoms with Crippen molar-refractivity contribution >= 4 is 0 Å². The van der Waals surface area contributed by atoms with E-state index in [1.807, 2.05) is 0 Å². The third-order valence-corrected chi connectivity index (χ3v) is 4.28. The summed E-state index contributed by atoms with van der Waals surface area (Å²) in [7, 11) is 2.07. The van der Waals surface area contributed by atoms with Crippen LogP contribution in [0.15, 0.2) is 0 Å². The average Bonchev–Trinajstić information content (AvgIpc) is 2.80. The van der Waals surface area contributed by atoms with Gasteiger partial charge in [-0.05, 0) is 77.5 Å². The Morgan fingerprint density at radius 2 is 1.73 bits per heavy atom. The van der Waals surface area contributed by atoms with E-state index in [2.05, 4.69) is 17.3 Å². The van der Waals surface area contributed by atoms with Crippen molar-refractivity contribution < 1.29 is 0 Å². The number of hydrogen-bond acceptors (Lipinski definition) is 2. The topological polar surface area (TPSA) is 15.3 Å². The van der Waals surface area contributed by atoms with Gasteiger partial charge in [0.05, 0.1) is 0 Å². The highest BCUT2D eigenvalue weighted by molar-refractivity contribution is 4.82. The SMILES string of the molecule is CNCCC1CCC(N2CCCC2)CC1. The zero-order valence-corrected chi connectivity index (χ0v) is 10.2. The number of likely N-dealkylation sites (tertiary alicyclic amines) is 1. The van der Waals surface area contributed by atoms with Crippen LogP contribution >= 0.6 is 0 Å². The molecule has 0 bridgehead atoms. The minimum absolute atomic E-state index is 0.943. The van der Waals surface area contributed by atoms with Crippen molar-refractivity contribution in [3.63, 3.8) is 0 Å². The Morgan fingerprint density at radius 3 is 2.33 bits per heavy atom. The molecule has 0 amide bonds. The Labute approximate surface area is 94.4 Å². The van der Waals surface area contributed by atoms with E-state index in [1.54, 1.807) is 0 Å². The summed E-state index contributed by atoms with van der Waals surface area (Å²) in [4.78, 5) is 2.74. The lowest BCUT2D eigenvalue weighted by Gasteiger charge is -2.34. The number of nitrogens with zero attached hydrogens (tertiary/aromatic N) is 1. The smallest absolute Gasteiger partial charge is 0.00954 e. The maximum atomic E-state index is 3.27. The first-order valence-electron chi connectivity index (χ1n) is 6.79. The van der Waals surface area contributed by atoms with Gasteiger partial charge in [0.1, 0.15) is 0 Å². The molecule has 1 saturated carbocycles. The molecule has 2 aliphatic rings. The molecule has 0 spiro atoms. The molecule has 1 N–H and O–H groups in total. The summed E-state index contributed by atoms with van der Waals surface area (Å²) in [6, 6.07) is 0.943. The van der Waals surface area contributed by atoms with Crippen LogP contribution in [0.4, 0.5) is 0 Å². The first kappa shape index (κ1) is 11.4. The van der Waals surface area contributed by atoms with Crippen LogP contribution in [0.1, 0.15) is 44.9 Å². The van der Waals surface area contributed by atoms with Gasteiger partial charge >= 0.3 is 0 Å². The normalized spacial score (nSPS) is 33.4. The lowest BCUT2D eigenvalue weighted by Crippen LogP contribution is -2.36. The van der Waals surface area contributed by atoms with Crippen LogP contribution < -0.4 is 5.32 Å². The van der Waals surface area contributed by atoms with Gasteiger partial charge in [-0.15, -0.1) is 0 Å². The van der Waals surface area contributed by atoms with Gasteiger partial charge in [0, 0.05) is 6.04 Å². The van der Waals surface area contributed by atoms with E-state index in [4.69, 9.17) is 0 Å². The van der Waals surface area contributed by atoms with Gasteiger partial charge in [0.15, 0.2) is 0 Å². The third kappa shape index (κ3) is 3.18. The zero-order valence-electron chi connectivity index (χ0n) is 10.2. The number of nitrogens with one attached hydrogen (secondary N) is 1. The molecule has 0 radical (unpaired) electrons. The van der Waals surface area contributed by atoms with Gasteiger partial charge in [0.25, 0.3) is 0 Å². The van der Waals surface area contributed by atoms with Crippen molar-refractivity contribution in [2.24, 2.45) is 5.92 Å². The summed E-state index contributed by atoms with van der Waals surface area (Å²) in [6.07, 6.45) is 10.2. The molecule has 0 aromatic carbocycles. The summed E-state index contributed by atoms with van der Waals surface area (Å²) < 4.78 is 0. The van der Waals surface area contributed by atoms with E-state index in [-0.39, 0.29) is 0 Å². The quantitative estimate of drug-likeness (QED) is 0.765. The second kappa shape index (κ2) is 5.86. The van der Waals surface area contributed by atoms with Crippen molar-refractivity contribution in [2.45, 2.75) is 51.0 Å². The third-order valence-electron chi connectivity index (χ3n) is 4.28. The van der Waals surface area contributed by atoms with Crippen molar-refractivity contribution in [1.29, 1.82) is 0 Å². The highest BCUT2D eigenvalue weighted by Gasteiger charge is 2.26. The minimum Gasteiger partial charge on any atom is -0.320 e. The summed E-state index contributed by atoms with van der Waals surface area (Å²) in [5, 5.41) is 3.27. The highest BCUT2D eigenvalue weighted by Crippen LogP contribution is 2.30. The van der Waals surface area contributed by atoms with Gasteiger partial charge < -0.3 is 10.2 Å². The lowest BCUT2D eigenvalue weighted by atomic mass is 9.83. The minimum atomic E-state index is 0.943. The van der Waals surface area contributed by atoms with E-state index < -0.39 is 0 Å². The van der Waals surface area contributed by atoms with Crippen molar-refractivity contribution in [2.75, 3.05) is 26.7 Å². The largest absolute Gasteiger partial charge is 0.320 e. The summed E-state index contributed by atoms with van der Waals surface area (Å²) >= 11 is 0. The molecular weight excluding hydrogens is 184 g/mol. The van der Waals surface area contributed by atoms with Crippen molar-refractivity contribution in [3.05, 3.63) is 0 Å². The molecule has 15 heavy (non-hydrogen) atoms. The van der Waals surface area contributed by atoms with Gasteiger partial charge in [0.2, 0.25) is 0 Å². The molecule has 0 atom stereocenters. The molecule has 0 unspecified atom stereocenters. The summed E-state index contributed by atoms with van der Waals surface area (Å²) in [6.45, 7) is 3.97. The van der Waals surface area contributed by atoms with E-state index in [9.17, 15) is 0 Å². The van der Waals surface area contributed by atoms with Crippen LogP contribution in [0, 0.1) is 5.92 Å². The first-order chi connectivity index (χ1) is 7.40. The Kier molecular flexibility index (Phi) is 4.45. The van der Waals surface area contributed by atoms with E-state index in [0.29, 0.717) is 0 Å². The van der Waals surface area contributed by atoms with Crippen LogP contribution in [0.3, 0.4) is 0 Å². The fraction of sp³-hybridized carbons (Fsp3) is 1.00. The summed E-state index contributed by atoms with van der Waals surface area (Å²) in [5.41, 5.74) is 0. The molecule has 1 saturated heterocycles. The Morgan fingerprint density at radius 1 is 1.07 bits per heavy atom. The predicted molar refractivity (Wildman–Crippen MR) is 65.1 cm³/mol. The van der Waals surface area contributed by atoms with Crippen LogP contribution in [0.2, 0.25) is 0 Å². The first-order valence-corrected chi connectivity index (χ1v) is 6.79. The molecule has 2 fully saturated rings.